The van der Waals surface area contributed by atoms with Crippen LogP contribution in [0.5, 0.6) is 0 Å². The van der Waals surface area contributed by atoms with Crippen molar-refractivity contribution in [2.24, 2.45) is 14.1 Å². The van der Waals surface area contributed by atoms with Crippen LogP contribution in [-0.2, 0) is 23.6 Å². The molecule has 7 heterocycles. The van der Waals surface area contributed by atoms with Gasteiger partial charge in [0.1, 0.15) is 30.6 Å². The van der Waals surface area contributed by atoms with E-state index >= 15 is 0 Å². The molecule has 15 nitrogen and oxygen atoms in total. The Bertz CT molecular complexity index is 3350. The zero-order chi connectivity index (χ0) is 53.4. The van der Waals surface area contributed by atoms with Gasteiger partial charge in [0.05, 0.1) is 24.6 Å². The molecule has 2 unspecified atom stereocenters. The molecule has 0 bridgehead atoms. The van der Waals surface area contributed by atoms with E-state index in [4.69, 9.17) is 15.9 Å². The Morgan fingerprint density at radius 1 is 0.671 bits per heavy atom. The number of nitrogens with zero attached hydrogens (tertiary/aromatic N) is 11. The predicted octanol–water partition coefficient (Wildman–Crippen LogP) is 13.6. The number of carbonyl (C=O) groups is 2. The van der Waals surface area contributed by atoms with Crippen LogP contribution in [0.2, 0.25) is 19.6 Å². The molecule has 9 rings (SSSR count). The van der Waals surface area contributed by atoms with Crippen LogP contribution in [-0.4, -0.2) is 85.1 Å². The second-order valence-corrected chi connectivity index (χ2v) is 27.6. The summed E-state index contributed by atoms with van der Waals surface area (Å²) in [6, 6.07) is 24.5. The van der Waals surface area contributed by atoms with Crippen molar-refractivity contribution in [2.45, 2.75) is 97.1 Å². The topological polar surface area (TPSA) is 155 Å². The van der Waals surface area contributed by atoms with E-state index in [1.807, 2.05) is 127 Å². The minimum Gasteiger partial charge on any atom is -0.443 e. The van der Waals surface area contributed by atoms with Gasteiger partial charge in [-0.3, -0.25) is 9.36 Å². The van der Waals surface area contributed by atoms with E-state index in [9.17, 15) is 9.59 Å². The quantitative estimate of drug-likeness (QED) is 0.0680. The molecule has 380 valence electrons. The van der Waals surface area contributed by atoms with E-state index in [1.54, 1.807) is 46.5 Å². The molecule has 0 fully saturated rings. The summed E-state index contributed by atoms with van der Waals surface area (Å²) in [6.07, 6.45) is 20.5. The number of ether oxygens (including phenoxy) is 2. The van der Waals surface area contributed by atoms with Crippen molar-refractivity contribution in [3.63, 3.8) is 0 Å². The van der Waals surface area contributed by atoms with E-state index < -0.39 is 31.5 Å². The van der Waals surface area contributed by atoms with Crippen LogP contribution in [0, 0.1) is 15.5 Å². The first kappa shape index (κ1) is 55.6. The lowest BCUT2D eigenvalue weighted by atomic mass is 10.1. The molecule has 0 spiro atoms. The van der Waals surface area contributed by atoms with Gasteiger partial charge in [-0.2, -0.15) is 10.2 Å². The number of benzene rings is 2. The van der Waals surface area contributed by atoms with Gasteiger partial charge in [0.15, 0.2) is 5.65 Å². The van der Waals surface area contributed by atoms with E-state index in [0.29, 0.717) is 21.8 Å². The lowest BCUT2D eigenvalue weighted by Gasteiger charge is -2.19. The highest BCUT2D eigenvalue weighted by molar-refractivity contribution is 14.1. The summed E-state index contributed by atoms with van der Waals surface area (Å²) >= 11 is 5.68. The number of alkyl halides is 1. The molecular formula is C55H63BrIN11O4Si. The van der Waals surface area contributed by atoms with E-state index in [0.717, 1.165) is 47.7 Å². The number of terminal acetylenes is 1. The highest BCUT2D eigenvalue weighted by Gasteiger charge is 2.25. The minimum atomic E-state index is -1.10. The largest absolute Gasteiger partial charge is 0.443 e. The maximum Gasteiger partial charge on any atom is 0.420 e. The molecule has 0 saturated carbocycles. The molecule has 0 aliphatic carbocycles. The van der Waals surface area contributed by atoms with Gasteiger partial charge in [0.2, 0.25) is 0 Å². The van der Waals surface area contributed by atoms with Crippen LogP contribution < -0.4 is 0 Å². The number of rotatable bonds is 6. The number of aromatic nitrogens is 11. The highest BCUT2D eigenvalue weighted by atomic mass is 127. The molecule has 2 atom stereocenters. The normalized spacial score (nSPS) is 12.3. The summed E-state index contributed by atoms with van der Waals surface area (Å²) in [5, 5.41) is 18.9. The number of aryl methyl sites for hydroxylation is 2. The SMILES string of the molecule is C#C[Si](C)(C)C.CC(Br)c1ccccc1.CC(c1ccccc1)n1cc(-c2cn(C(=O)OC(C)(C)C)c3ncc(-c4cnn(C)c4)cc23)nn1.Cn1cc(-c2cnc3c(c2)c(I)cn3C(=O)OC(C)(C)C)cn1. The maximum absolute atomic E-state index is 13.0. The summed E-state index contributed by atoms with van der Waals surface area (Å²) < 4.78 is 20.2. The Kier molecular flexibility index (Phi) is 17.9. The van der Waals surface area contributed by atoms with Crippen LogP contribution in [0.4, 0.5) is 9.59 Å². The average molecular weight is 1180 g/mol. The molecule has 7 aromatic heterocycles. The van der Waals surface area contributed by atoms with Crippen LogP contribution in [0.25, 0.3) is 55.6 Å². The average Bonchev–Trinajstić information content (AvgIpc) is 4.20. The fourth-order valence-corrected chi connectivity index (χ4v) is 7.91. The van der Waals surface area contributed by atoms with Gasteiger partial charge >= 0.3 is 12.2 Å². The standard InChI is InChI=1S/C26H27N7O2.C16H17IN4O2.C8H9Br.C5H10Si/c1-17(18-9-7-6-8-10-18)33-16-23(29-30-33)22-15-32(25(34)35-26(2,3)4)24-21(22)11-19(12-27-24)20-13-28-31(5)14-20;1-16(2,3)23-15(22)21-9-13(17)12-5-10(6-18-14(12)21)11-7-19-20(4)8-11;1-7(9)8-5-3-2-4-6-8;1-5-6(2,3)4/h6-17H,1-5H3;5-9H,1-4H3;2-7H,1H3;1H,2-4H3. The molecule has 73 heavy (non-hydrogen) atoms. The summed E-state index contributed by atoms with van der Waals surface area (Å²) in [6.45, 7) is 21.7. The number of fused-ring (bicyclic) bond motifs is 2. The maximum atomic E-state index is 13.0. The van der Waals surface area contributed by atoms with Crippen molar-refractivity contribution in [1.29, 1.82) is 0 Å². The van der Waals surface area contributed by atoms with Crippen LogP contribution >= 0.6 is 38.5 Å². The number of pyridine rings is 2. The summed E-state index contributed by atoms with van der Waals surface area (Å²) in [5.41, 5.74) is 10.3. The molecule has 0 N–H and O–H groups in total. The lowest BCUT2D eigenvalue weighted by Crippen LogP contribution is -2.26. The van der Waals surface area contributed by atoms with E-state index in [1.165, 1.54) is 14.7 Å². The Morgan fingerprint density at radius 2 is 1.12 bits per heavy atom. The number of hydrogen-bond acceptors (Lipinski definition) is 10. The second kappa shape index (κ2) is 23.5. The molecule has 0 amide bonds. The van der Waals surface area contributed by atoms with Gasteiger partial charge in [-0.05, 0) is 101 Å². The first-order valence-corrected chi connectivity index (χ1v) is 29.1. The molecular weight excluding hydrogens is 1110 g/mol. The fraction of sp³-hybridized carbons (Fsp3) is 0.309. The van der Waals surface area contributed by atoms with E-state index in [2.05, 4.69) is 132 Å². The van der Waals surface area contributed by atoms with Gasteiger partial charge in [-0.15, -0.1) is 17.1 Å². The first-order valence-electron chi connectivity index (χ1n) is 23.6. The number of hydrogen-bond donors (Lipinski definition) is 0. The van der Waals surface area contributed by atoms with Crippen molar-refractivity contribution in [3.8, 4) is 45.5 Å². The van der Waals surface area contributed by atoms with Crippen LogP contribution in [0.1, 0.15) is 77.4 Å². The van der Waals surface area contributed by atoms with Crippen molar-refractivity contribution in [1.82, 2.24) is 53.7 Å². The Hall–Kier alpha value is -6.69. The van der Waals surface area contributed by atoms with Crippen LogP contribution in [0.3, 0.4) is 0 Å². The predicted molar refractivity (Wildman–Crippen MR) is 305 cm³/mol. The lowest BCUT2D eigenvalue weighted by molar-refractivity contribution is 0.0532. The summed E-state index contributed by atoms with van der Waals surface area (Å²) in [7, 11) is 2.64. The molecule has 0 saturated heterocycles. The number of carbonyl (C=O) groups excluding carboxylic acids is 2. The fourth-order valence-electron chi connectivity index (χ4n) is 6.93. The Morgan fingerprint density at radius 3 is 1.55 bits per heavy atom. The van der Waals surface area contributed by atoms with Crippen molar-refractivity contribution in [2.75, 3.05) is 0 Å². The van der Waals surface area contributed by atoms with Gasteiger partial charge in [-0.1, -0.05) is 101 Å². The summed E-state index contributed by atoms with van der Waals surface area (Å²) in [4.78, 5) is 34.9. The van der Waals surface area contributed by atoms with Gasteiger partial charge in [0.25, 0.3) is 0 Å². The molecule has 0 aliphatic heterocycles. The molecule has 0 aliphatic rings. The Balaban J connectivity index is 0.000000194. The summed E-state index contributed by atoms with van der Waals surface area (Å²) in [5.74, 6) is 0. The molecule has 18 heteroatoms. The number of halogens is 2. The van der Waals surface area contributed by atoms with Crippen molar-refractivity contribution >= 4 is 80.8 Å². The zero-order valence-corrected chi connectivity index (χ0v) is 48.4. The van der Waals surface area contributed by atoms with Gasteiger partial charge in [-0.25, -0.2) is 33.4 Å². The van der Waals surface area contributed by atoms with Gasteiger partial charge in [0, 0.05) is 98.3 Å². The minimum absolute atomic E-state index is 0.000680. The van der Waals surface area contributed by atoms with Gasteiger partial charge < -0.3 is 9.47 Å². The smallest absolute Gasteiger partial charge is 0.420 e. The second-order valence-electron chi connectivity index (χ2n) is 20.3. The monoisotopic (exact) mass is 1180 g/mol. The third-order valence-corrected chi connectivity index (χ3v) is 12.9. The third-order valence-electron chi connectivity index (χ3n) is 10.7. The Labute approximate surface area is 450 Å². The molecule has 0 radical (unpaired) electrons. The third kappa shape index (κ3) is 15.2. The molecule has 9 aromatic rings. The van der Waals surface area contributed by atoms with Crippen molar-refractivity contribution in [3.05, 3.63) is 143 Å². The molecule has 2 aromatic carbocycles. The first-order chi connectivity index (χ1) is 34.3. The van der Waals surface area contributed by atoms with Crippen LogP contribution in [0.15, 0.2) is 129 Å². The van der Waals surface area contributed by atoms with Crippen molar-refractivity contribution < 1.29 is 19.1 Å². The zero-order valence-electron chi connectivity index (χ0n) is 43.7. The van der Waals surface area contributed by atoms with E-state index in [-0.39, 0.29) is 6.04 Å². The highest BCUT2D eigenvalue weighted by Crippen LogP contribution is 2.33.